The van der Waals surface area contributed by atoms with E-state index < -0.39 is 11.7 Å². The molecule has 1 unspecified atom stereocenters. The molecule has 0 spiro atoms. The van der Waals surface area contributed by atoms with Gasteiger partial charge in [0.1, 0.15) is 0 Å². The van der Waals surface area contributed by atoms with Crippen LogP contribution in [-0.4, -0.2) is 59.9 Å². The summed E-state index contributed by atoms with van der Waals surface area (Å²) in [4.78, 5) is 30.1. The molecule has 0 bridgehead atoms. The van der Waals surface area contributed by atoms with Crippen LogP contribution in [-0.2, 0) is 6.18 Å². The summed E-state index contributed by atoms with van der Waals surface area (Å²) in [7, 11) is 0. The van der Waals surface area contributed by atoms with Crippen LogP contribution in [0, 0.1) is 0 Å². The Morgan fingerprint density at radius 3 is 2.31 bits per heavy atom. The third-order valence-electron chi connectivity index (χ3n) is 7.39. The summed E-state index contributed by atoms with van der Waals surface area (Å²) in [5.41, 5.74) is 1.17. The third kappa shape index (κ3) is 5.29. The zero-order valence-corrected chi connectivity index (χ0v) is 21.8. The molecule has 2 saturated heterocycles. The zero-order valence-electron chi connectivity index (χ0n) is 20.9. The molecule has 1 atom stereocenters. The van der Waals surface area contributed by atoms with Crippen molar-refractivity contribution in [2.24, 2.45) is 0 Å². The van der Waals surface area contributed by atoms with Gasteiger partial charge < -0.3 is 15.1 Å². The van der Waals surface area contributed by atoms with Crippen LogP contribution in [0.1, 0.15) is 32.0 Å². The van der Waals surface area contributed by atoms with Gasteiger partial charge >= 0.3 is 6.18 Å². The molecule has 39 heavy (non-hydrogen) atoms. The highest BCUT2D eigenvalue weighted by atomic mass is 32.1. The number of amides is 2. The number of nitrogens with one attached hydrogen (secondary N) is 1. The summed E-state index contributed by atoms with van der Waals surface area (Å²) < 4.78 is 40.3. The number of hydrogen-bond donors (Lipinski definition) is 1. The number of likely N-dealkylation sites (tertiary alicyclic amines) is 2. The van der Waals surface area contributed by atoms with Crippen LogP contribution in [0.3, 0.4) is 0 Å². The highest BCUT2D eigenvalue weighted by Gasteiger charge is 2.36. The van der Waals surface area contributed by atoms with E-state index in [9.17, 15) is 22.8 Å². The first-order chi connectivity index (χ1) is 18.7. The topological polar surface area (TPSA) is 52.7 Å². The van der Waals surface area contributed by atoms with Crippen molar-refractivity contribution in [1.29, 1.82) is 0 Å². The van der Waals surface area contributed by atoms with E-state index in [-0.39, 0.29) is 23.9 Å². The normalized spacial score (nSPS) is 18.0. The molecular formula is C30H26F3N3O2S. The Hall–Kier alpha value is -3.69. The van der Waals surface area contributed by atoms with Crippen LogP contribution < -0.4 is 5.32 Å². The lowest BCUT2D eigenvalue weighted by molar-refractivity contribution is -0.137. The van der Waals surface area contributed by atoms with Crippen molar-refractivity contribution in [2.75, 3.05) is 26.2 Å². The molecular weight excluding hydrogens is 523 g/mol. The van der Waals surface area contributed by atoms with E-state index >= 15 is 0 Å². The second-order valence-corrected chi connectivity index (χ2v) is 11.2. The molecule has 3 aromatic carbocycles. The summed E-state index contributed by atoms with van der Waals surface area (Å²) in [6, 6.07) is 22.3. The fourth-order valence-electron chi connectivity index (χ4n) is 5.29. The largest absolute Gasteiger partial charge is 0.416 e. The van der Waals surface area contributed by atoms with Gasteiger partial charge in [-0.25, -0.2) is 0 Å². The first kappa shape index (κ1) is 25.6. The van der Waals surface area contributed by atoms with E-state index in [0.29, 0.717) is 47.7 Å². The molecule has 6 rings (SSSR count). The number of carbonyl (C=O) groups excluding carboxylic acids is 2. The molecule has 4 aromatic rings. The number of hydrogen-bond acceptors (Lipinski definition) is 4. The Bertz CT molecular complexity index is 1530. The van der Waals surface area contributed by atoms with Crippen molar-refractivity contribution < 1.29 is 22.8 Å². The van der Waals surface area contributed by atoms with E-state index in [1.54, 1.807) is 17.0 Å². The fourth-order valence-corrected chi connectivity index (χ4v) is 6.30. The molecule has 2 amide bonds. The Labute approximate surface area is 227 Å². The maximum absolute atomic E-state index is 13.1. The molecule has 2 aliphatic rings. The van der Waals surface area contributed by atoms with Crippen LogP contribution in [0.2, 0.25) is 0 Å². The molecule has 1 aromatic heterocycles. The lowest BCUT2D eigenvalue weighted by Crippen LogP contribution is -2.61. The number of rotatable bonds is 5. The van der Waals surface area contributed by atoms with Crippen molar-refractivity contribution in [3.8, 4) is 11.1 Å². The van der Waals surface area contributed by atoms with E-state index in [1.165, 1.54) is 17.4 Å². The Morgan fingerprint density at radius 2 is 1.54 bits per heavy atom. The average molecular weight is 550 g/mol. The van der Waals surface area contributed by atoms with Gasteiger partial charge in [-0.05, 0) is 65.4 Å². The molecule has 5 nitrogen and oxygen atoms in total. The summed E-state index contributed by atoms with van der Waals surface area (Å²) in [6.45, 7) is 2.57. The van der Waals surface area contributed by atoms with Gasteiger partial charge in [-0.3, -0.25) is 9.59 Å². The van der Waals surface area contributed by atoms with E-state index in [4.69, 9.17) is 0 Å². The highest BCUT2D eigenvalue weighted by molar-refractivity contribution is 7.20. The SMILES string of the molecule is O=C(c1ccccc1)N1CCC(NC2CN(C(=O)c3cc4cc(-c5cccc(C(F)(F)F)c5)ccc4s3)C2)C1. The third-order valence-corrected chi connectivity index (χ3v) is 8.49. The lowest BCUT2D eigenvalue weighted by atomic mass is 10.0. The van der Waals surface area contributed by atoms with Crippen molar-refractivity contribution in [3.05, 3.63) is 94.9 Å². The number of alkyl halides is 3. The van der Waals surface area contributed by atoms with Crippen molar-refractivity contribution >= 4 is 33.2 Å². The summed E-state index contributed by atoms with van der Waals surface area (Å²) in [5, 5.41) is 4.43. The molecule has 0 aliphatic carbocycles. The number of thiophene rings is 1. The van der Waals surface area contributed by atoms with Gasteiger partial charge in [0, 0.05) is 48.5 Å². The van der Waals surface area contributed by atoms with Crippen molar-refractivity contribution in [2.45, 2.75) is 24.7 Å². The quantitative estimate of drug-likeness (QED) is 0.337. The fraction of sp³-hybridized carbons (Fsp3) is 0.267. The maximum Gasteiger partial charge on any atom is 0.416 e. The molecule has 3 heterocycles. The molecule has 2 aliphatic heterocycles. The predicted octanol–water partition coefficient (Wildman–Crippen LogP) is 5.92. The van der Waals surface area contributed by atoms with Gasteiger partial charge in [0.25, 0.3) is 11.8 Å². The summed E-state index contributed by atoms with van der Waals surface area (Å²) in [6.07, 6.45) is -3.52. The molecule has 200 valence electrons. The van der Waals surface area contributed by atoms with Gasteiger partial charge in [-0.2, -0.15) is 13.2 Å². The maximum atomic E-state index is 13.1. The van der Waals surface area contributed by atoms with Crippen LogP contribution in [0.15, 0.2) is 78.9 Å². The van der Waals surface area contributed by atoms with E-state index in [1.807, 2.05) is 53.4 Å². The monoisotopic (exact) mass is 549 g/mol. The van der Waals surface area contributed by atoms with Crippen LogP contribution in [0.4, 0.5) is 13.2 Å². The first-order valence-corrected chi connectivity index (χ1v) is 13.7. The summed E-state index contributed by atoms with van der Waals surface area (Å²) >= 11 is 1.39. The number of carbonyl (C=O) groups is 2. The Kier molecular flexibility index (Phi) is 6.64. The first-order valence-electron chi connectivity index (χ1n) is 12.9. The van der Waals surface area contributed by atoms with Crippen molar-refractivity contribution in [3.63, 3.8) is 0 Å². The van der Waals surface area contributed by atoms with Crippen LogP contribution in [0.5, 0.6) is 0 Å². The molecule has 1 N–H and O–H groups in total. The Morgan fingerprint density at radius 1 is 0.795 bits per heavy atom. The van der Waals surface area contributed by atoms with Gasteiger partial charge in [0.2, 0.25) is 0 Å². The van der Waals surface area contributed by atoms with Crippen LogP contribution >= 0.6 is 11.3 Å². The number of benzene rings is 3. The minimum Gasteiger partial charge on any atom is -0.337 e. The van der Waals surface area contributed by atoms with Crippen LogP contribution in [0.25, 0.3) is 21.2 Å². The molecule has 2 fully saturated rings. The van der Waals surface area contributed by atoms with E-state index in [0.717, 1.165) is 28.6 Å². The minimum absolute atomic E-state index is 0.0397. The second-order valence-electron chi connectivity index (χ2n) is 10.1. The number of fused-ring (bicyclic) bond motifs is 1. The molecule has 9 heteroatoms. The zero-order chi connectivity index (χ0) is 27.1. The standard InChI is InChI=1S/C30H26F3N3O2S/c31-30(32,33)23-8-4-7-20(14-23)21-9-10-26-22(13-21)15-27(39-26)29(38)36-17-25(18-36)34-24-11-12-35(16-24)28(37)19-5-2-1-3-6-19/h1-10,13-15,24-25,34H,11-12,16-18H2. The van der Waals surface area contributed by atoms with Gasteiger partial charge in [0.15, 0.2) is 0 Å². The summed E-state index contributed by atoms with van der Waals surface area (Å²) in [5.74, 6) is 0.00784. The van der Waals surface area contributed by atoms with Gasteiger partial charge in [0.05, 0.1) is 10.4 Å². The minimum atomic E-state index is -4.40. The smallest absolute Gasteiger partial charge is 0.337 e. The number of nitrogens with zero attached hydrogens (tertiary/aromatic N) is 2. The molecule has 0 radical (unpaired) electrons. The molecule has 0 saturated carbocycles. The van der Waals surface area contributed by atoms with Gasteiger partial charge in [-0.1, -0.05) is 36.4 Å². The van der Waals surface area contributed by atoms with E-state index in [2.05, 4.69) is 5.32 Å². The second kappa shape index (κ2) is 10.1. The number of halogens is 3. The highest BCUT2D eigenvalue weighted by Crippen LogP contribution is 2.35. The lowest BCUT2D eigenvalue weighted by Gasteiger charge is -2.40. The average Bonchev–Trinajstić information content (AvgIpc) is 3.56. The predicted molar refractivity (Wildman–Crippen MR) is 146 cm³/mol. The van der Waals surface area contributed by atoms with Gasteiger partial charge in [-0.15, -0.1) is 11.3 Å². The Balaban J connectivity index is 1.06. The van der Waals surface area contributed by atoms with Crippen molar-refractivity contribution in [1.82, 2.24) is 15.1 Å².